The number of aromatic hydroxyl groups is 1. The summed E-state index contributed by atoms with van der Waals surface area (Å²) in [6, 6.07) is 35.4. The normalized spacial score (nSPS) is 14.9. The highest BCUT2D eigenvalue weighted by Gasteiger charge is 2.42. The molecule has 6 N–H and O–H groups in total. The van der Waals surface area contributed by atoms with Crippen molar-refractivity contribution in [3.05, 3.63) is 171 Å². The molecule has 61 heavy (non-hydrogen) atoms. The van der Waals surface area contributed by atoms with Crippen molar-refractivity contribution in [1.29, 1.82) is 0 Å². The van der Waals surface area contributed by atoms with Crippen LogP contribution in [0.3, 0.4) is 0 Å². The van der Waals surface area contributed by atoms with Crippen LogP contribution in [0, 0.1) is 5.92 Å². The monoisotopic (exact) mass is 825 g/mol. The van der Waals surface area contributed by atoms with Gasteiger partial charge in [0.25, 0.3) is 5.91 Å². The summed E-state index contributed by atoms with van der Waals surface area (Å²) >= 11 is 0. The highest BCUT2D eigenvalue weighted by Crippen LogP contribution is 2.34. The fourth-order valence-electron chi connectivity index (χ4n) is 7.57. The number of carbonyl (C=O) groups excluding carboxylic acids is 2. The fraction of sp³-hybridized carbons (Fsp3) is 0.292. The van der Waals surface area contributed by atoms with E-state index in [4.69, 9.17) is 9.47 Å². The molecular weight excluding hydrogens is 775 g/mol. The number of hydrogen-bond acceptors (Lipinski definition) is 11. The Morgan fingerprint density at radius 2 is 1.66 bits per heavy atom. The molecule has 0 aliphatic carbocycles. The van der Waals surface area contributed by atoms with Crippen LogP contribution in [0.15, 0.2) is 132 Å². The van der Waals surface area contributed by atoms with E-state index in [1.165, 1.54) is 23.9 Å². The van der Waals surface area contributed by atoms with Gasteiger partial charge in [-0.15, -0.1) is 0 Å². The number of pyridine rings is 2. The summed E-state index contributed by atoms with van der Waals surface area (Å²) in [5, 5.41) is 39.6. The molecular formula is C48H51N5O8. The summed E-state index contributed by atoms with van der Waals surface area (Å²) in [4.78, 5) is 47.7. The van der Waals surface area contributed by atoms with Crippen molar-refractivity contribution in [2.75, 3.05) is 39.4 Å². The van der Waals surface area contributed by atoms with Gasteiger partial charge in [-0.05, 0) is 91.4 Å². The van der Waals surface area contributed by atoms with Crippen molar-refractivity contribution < 1.29 is 34.4 Å². The maximum atomic E-state index is 13.8. The van der Waals surface area contributed by atoms with E-state index in [0.717, 1.165) is 32.5 Å². The highest BCUT2D eigenvalue weighted by atomic mass is 16.5. The average Bonchev–Trinajstić information content (AvgIpc) is 3.29. The lowest BCUT2D eigenvalue weighted by molar-refractivity contribution is -0.164. The van der Waals surface area contributed by atoms with Crippen molar-refractivity contribution in [1.82, 2.24) is 25.5 Å². The Hall–Kier alpha value is -6.38. The maximum absolute atomic E-state index is 13.8. The van der Waals surface area contributed by atoms with Gasteiger partial charge in [-0.25, -0.2) is 4.79 Å². The molecule has 3 heterocycles. The van der Waals surface area contributed by atoms with Crippen molar-refractivity contribution in [3.8, 4) is 11.5 Å². The van der Waals surface area contributed by atoms with Gasteiger partial charge in [-0.2, -0.15) is 0 Å². The third-order valence-electron chi connectivity index (χ3n) is 11.0. The Kier molecular flexibility index (Phi) is 14.2. The van der Waals surface area contributed by atoms with Gasteiger partial charge >= 0.3 is 5.97 Å². The summed E-state index contributed by atoms with van der Waals surface area (Å²) in [6.45, 7) is 4.08. The Labute approximate surface area is 354 Å². The van der Waals surface area contributed by atoms with Crippen molar-refractivity contribution in [2.45, 2.75) is 44.1 Å². The zero-order valence-corrected chi connectivity index (χ0v) is 33.8. The molecule has 2 aromatic heterocycles. The van der Waals surface area contributed by atoms with Gasteiger partial charge in [0.2, 0.25) is 11.2 Å². The van der Waals surface area contributed by atoms with E-state index in [1.54, 1.807) is 72.8 Å². The summed E-state index contributed by atoms with van der Waals surface area (Å²) in [7, 11) is 0. The van der Waals surface area contributed by atoms with Gasteiger partial charge in [-0.1, -0.05) is 78.9 Å². The number of piperidine rings is 1. The molecule has 316 valence electrons. The van der Waals surface area contributed by atoms with Gasteiger partial charge < -0.3 is 40.4 Å². The van der Waals surface area contributed by atoms with E-state index in [9.17, 15) is 29.7 Å². The number of carbonyl (C=O) groups is 2. The number of fused-ring (bicyclic) bond motifs is 1. The molecule has 0 spiro atoms. The van der Waals surface area contributed by atoms with Gasteiger partial charge in [0.1, 0.15) is 11.5 Å². The number of phenolic OH excluding ortho intramolecular Hbond substituents is 1. The number of phenols is 1. The molecule has 1 aliphatic heterocycles. The van der Waals surface area contributed by atoms with Crippen molar-refractivity contribution in [2.24, 2.45) is 5.92 Å². The number of esters is 1. The van der Waals surface area contributed by atoms with Crippen LogP contribution in [0.2, 0.25) is 0 Å². The number of nitrogens with zero attached hydrogens (tertiary/aromatic N) is 2. The Bertz CT molecular complexity index is 2440. The van der Waals surface area contributed by atoms with Gasteiger partial charge in [0.15, 0.2) is 0 Å². The lowest BCUT2D eigenvalue weighted by Gasteiger charge is -2.33. The van der Waals surface area contributed by atoms with E-state index in [0.29, 0.717) is 58.6 Å². The summed E-state index contributed by atoms with van der Waals surface area (Å²) in [5.41, 5.74) is 1.49. The predicted molar refractivity (Wildman–Crippen MR) is 231 cm³/mol. The number of aromatic amines is 1. The molecule has 1 amide bonds. The van der Waals surface area contributed by atoms with E-state index in [1.807, 2.05) is 12.1 Å². The minimum Gasteiger partial charge on any atom is -0.506 e. The van der Waals surface area contributed by atoms with Crippen LogP contribution in [-0.4, -0.2) is 81.5 Å². The first-order valence-electron chi connectivity index (χ1n) is 20.6. The third kappa shape index (κ3) is 10.9. The zero-order valence-electron chi connectivity index (χ0n) is 33.8. The minimum atomic E-state index is -2.05. The van der Waals surface area contributed by atoms with Crippen LogP contribution in [0.25, 0.3) is 10.9 Å². The number of amides is 1. The second-order valence-corrected chi connectivity index (χ2v) is 15.3. The summed E-state index contributed by atoms with van der Waals surface area (Å²) in [5.74, 6) is -0.432. The molecule has 0 radical (unpaired) electrons. The number of rotatable bonds is 18. The van der Waals surface area contributed by atoms with Crippen LogP contribution >= 0.6 is 0 Å². The second kappa shape index (κ2) is 20.3. The lowest BCUT2D eigenvalue weighted by atomic mass is 9.86. The molecule has 2 unspecified atom stereocenters. The van der Waals surface area contributed by atoms with Crippen molar-refractivity contribution >= 4 is 22.8 Å². The van der Waals surface area contributed by atoms with Crippen molar-refractivity contribution in [3.63, 3.8) is 0 Å². The van der Waals surface area contributed by atoms with E-state index in [-0.39, 0.29) is 48.4 Å². The van der Waals surface area contributed by atoms with Gasteiger partial charge in [0, 0.05) is 49.4 Å². The Morgan fingerprint density at radius 1 is 0.902 bits per heavy atom. The third-order valence-corrected chi connectivity index (χ3v) is 11.0. The molecule has 4 aromatic carbocycles. The number of nitrogens with one attached hydrogen (secondary N) is 3. The molecule has 13 nitrogen and oxygen atoms in total. The molecule has 0 saturated carbocycles. The zero-order chi connectivity index (χ0) is 42.6. The highest BCUT2D eigenvalue weighted by molar-refractivity contribution is 5.93. The number of hydrogen-bond donors (Lipinski definition) is 6. The first kappa shape index (κ1) is 42.7. The lowest BCUT2D eigenvalue weighted by Crippen LogP contribution is -2.40. The number of likely N-dealkylation sites (tertiary alicyclic amines) is 1. The van der Waals surface area contributed by atoms with Crippen LogP contribution in [-0.2, 0) is 28.2 Å². The Morgan fingerprint density at radius 3 is 2.41 bits per heavy atom. The van der Waals surface area contributed by atoms with E-state index in [2.05, 4.69) is 49.8 Å². The molecule has 7 rings (SSSR count). The number of aliphatic hydroxyl groups is 2. The standard InChI is InChI=1S/C48H51N5O8/c54-42-19-17-40(41-18-20-44(56)52-45(41)42)43(55)30-49-29-38-16-15-35(28-51-38)46(57)50-23-8-26-60-39-14-7-13-37(27-39)48(59,36-11-5-2-6-12-36)47(58)61-32-34-21-24-53(25-22-34)31-33-9-3-1-4-10-33/h1-7,9-20,27-28,34,43,49,54-55,59H,8,21-26,29-32H2,(H,50,57)(H,52,56). The van der Waals surface area contributed by atoms with Gasteiger partial charge in [0.05, 0.1) is 36.1 Å². The number of ether oxygens (including phenoxy) is 2. The smallest absolute Gasteiger partial charge is 0.347 e. The van der Waals surface area contributed by atoms with E-state index < -0.39 is 17.7 Å². The number of benzene rings is 4. The first-order valence-corrected chi connectivity index (χ1v) is 20.6. The summed E-state index contributed by atoms with van der Waals surface area (Å²) in [6.07, 6.45) is 2.87. The van der Waals surface area contributed by atoms with E-state index >= 15 is 0 Å². The van der Waals surface area contributed by atoms with Gasteiger partial charge in [-0.3, -0.25) is 19.5 Å². The van der Waals surface area contributed by atoms with Crippen LogP contribution in [0.1, 0.15) is 63.7 Å². The largest absolute Gasteiger partial charge is 0.506 e. The van der Waals surface area contributed by atoms with Crippen LogP contribution in [0.5, 0.6) is 11.5 Å². The molecule has 0 bridgehead atoms. The molecule has 1 aliphatic rings. The molecule has 1 saturated heterocycles. The topological polar surface area (TPSA) is 186 Å². The second-order valence-electron chi connectivity index (χ2n) is 15.3. The number of H-pyrrole nitrogens is 1. The SMILES string of the molecule is O=C(NCCCOc1cccc(C(O)(C(=O)OCC2CCN(Cc3ccccc3)CC2)c2ccccc2)c1)c1ccc(CNCC(O)c2ccc(O)c3[nH]c(=O)ccc23)nc1. The van der Waals surface area contributed by atoms with Crippen LogP contribution < -0.4 is 20.9 Å². The molecule has 1 fully saturated rings. The number of aliphatic hydroxyl groups excluding tert-OH is 1. The predicted octanol–water partition coefficient (Wildman–Crippen LogP) is 5.34. The minimum absolute atomic E-state index is 0.0770. The molecule has 6 aromatic rings. The quantitative estimate of drug-likeness (QED) is 0.0486. The maximum Gasteiger partial charge on any atom is 0.347 e. The number of aromatic nitrogens is 2. The van der Waals surface area contributed by atoms with Crippen LogP contribution in [0.4, 0.5) is 0 Å². The summed E-state index contributed by atoms with van der Waals surface area (Å²) < 4.78 is 11.9. The fourth-order valence-corrected chi connectivity index (χ4v) is 7.57. The first-order chi connectivity index (χ1) is 29.7. The molecule has 13 heteroatoms. The molecule has 2 atom stereocenters. The Balaban J connectivity index is 0.855. The average molecular weight is 826 g/mol.